The topological polar surface area (TPSA) is 97.1 Å². The molecule has 0 bridgehead atoms. The van der Waals surface area contributed by atoms with Crippen LogP contribution < -0.4 is 15.2 Å². The van der Waals surface area contributed by atoms with Crippen molar-refractivity contribution in [3.05, 3.63) is 45.0 Å². The minimum atomic E-state index is -0.702. The summed E-state index contributed by atoms with van der Waals surface area (Å²) >= 11 is 3.51. The van der Waals surface area contributed by atoms with Gasteiger partial charge >= 0.3 is 5.97 Å². The standard InChI is InChI=1S/C21H24BrNO6/c1-4-27-19-12(22)9-11(10-15(19)26-3)16-17-13(24)7-6-8-14(17)29-20(23)18(16)21(25)28-5-2/h9-10,16H,4-8,23H2,1-3H3/t16-/m1/s1. The Hall–Kier alpha value is -2.48. The zero-order chi connectivity index (χ0) is 21.1. The number of carbonyl (C=O) groups is 2. The number of ketones is 1. The van der Waals surface area contributed by atoms with E-state index < -0.39 is 11.9 Å². The van der Waals surface area contributed by atoms with Gasteiger partial charge in [-0.2, -0.15) is 0 Å². The summed E-state index contributed by atoms with van der Waals surface area (Å²) in [5.74, 6) is 0.135. The first kappa shape index (κ1) is 21.2. The minimum absolute atomic E-state index is 0.0362. The number of Topliss-reactive ketones (excluding diaryl/α,β-unsaturated/α-hetero) is 1. The Balaban J connectivity index is 2.21. The number of nitrogens with two attached hydrogens (primary N) is 1. The van der Waals surface area contributed by atoms with Crippen LogP contribution in [0.25, 0.3) is 0 Å². The van der Waals surface area contributed by atoms with Gasteiger partial charge in [-0.1, -0.05) is 0 Å². The maximum Gasteiger partial charge on any atom is 0.340 e. The summed E-state index contributed by atoms with van der Waals surface area (Å²) in [5, 5.41) is 0. The van der Waals surface area contributed by atoms with Gasteiger partial charge in [-0.3, -0.25) is 4.79 Å². The maximum atomic E-state index is 12.8. The van der Waals surface area contributed by atoms with Crippen LogP contribution in [0.3, 0.4) is 0 Å². The third kappa shape index (κ3) is 3.99. The number of hydrogen-bond donors (Lipinski definition) is 1. The molecule has 7 nitrogen and oxygen atoms in total. The smallest absolute Gasteiger partial charge is 0.340 e. The highest BCUT2D eigenvalue weighted by Gasteiger charge is 2.41. The molecule has 0 saturated heterocycles. The van der Waals surface area contributed by atoms with Crippen molar-refractivity contribution in [3.63, 3.8) is 0 Å². The summed E-state index contributed by atoms with van der Waals surface area (Å²) in [7, 11) is 1.53. The van der Waals surface area contributed by atoms with Gasteiger partial charge in [0.15, 0.2) is 17.3 Å². The van der Waals surface area contributed by atoms with E-state index in [0.29, 0.717) is 58.7 Å². The summed E-state index contributed by atoms with van der Waals surface area (Å²) in [6.07, 6.45) is 1.66. The van der Waals surface area contributed by atoms with Crippen molar-refractivity contribution in [2.45, 2.75) is 39.0 Å². The van der Waals surface area contributed by atoms with Crippen LogP contribution in [0, 0.1) is 0 Å². The molecule has 8 heteroatoms. The van der Waals surface area contributed by atoms with Crippen molar-refractivity contribution >= 4 is 27.7 Å². The fourth-order valence-electron chi connectivity index (χ4n) is 3.69. The van der Waals surface area contributed by atoms with Crippen molar-refractivity contribution in [3.8, 4) is 11.5 Å². The predicted molar refractivity (Wildman–Crippen MR) is 109 cm³/mol. The Morgan fingerprint density at radius 1 is 1.28 bits per heavy atom. The fraction of sp³-hybridized carbons (Fsp3) is 0.429. The predicted octanol–water partition coefficient (Wildman–Crippen LogP) is 3.71. The lowest BCUT2D eigenvalue weighted by Gasteiger charge is -2.32. The molecule has 0 aromatic heterocycles. The fourth-order valence-corrected chi connectivity index (χ4v) is 4.26. The van der Waals surface area contributed by atoms with Gasteiger partial charge in [0.2, 0.25) is 5.88 Å². The van der Waals surface area contributed by atoms with Crippen LogP contribution in [-0.2, 0) is 19.1 Å². The monoisotopic (exact) mass is 465 g/mol. The van der Waals surface area contributed by atoms with Crippen LogP contribution >= 0.6 is 15.9 Å². The van der Waals surface area contributed by atoms with Crippen molar-refractivity contribution in [2.24, 2.45) is 5.73 Å². The van der Waals surface area contributed by atoms with Gasteiger partial charge in [0.05, 0.1) is 30.7 Å². The molecular formula is C21H24BrNO6. The quantitative estimate of drug-likeness (QED) is 0.639. The number of benzene rings is 1. The van der Waals surface area contributed by atoms with Crippen molar-refractivity contribution < 1.29 is 28.5 Å². The Kier molecular flexibility index (Phi) is 6.52. The van der Waals surface area contributed by atoms with E-state index in [9.17, 15) is 9.59 Å². The Morgan fingerprint density at radius 2 is 2.03 bits per heavy atom. The van der Waals surface area contributed by atoms with E-state index in [1.807, 2.05) is 13.0 Å². The van der Waals surface area contributed by atoms with Crippen LogP contribution in [-0.4, -0.2) is 32.1 Å². The largest absolute Gasteiger partial charge is 0.493 e. The molecule has 0 fully saturated rings. The molecule has 0 unspecified atom stereocenters. The molecule has 3 rings (SSSR count). The molecule has 1 aliphatic heterocycles. The van der Waals surface area contributed by atoms with Crippen LogP contribution in [0.5, 0.6) is 11.5 Å². The number of esters is 1. The second-order valence-corrected chi connectivity index (χ2v) is 7.47. The Morgan fingerprint density at radius 3 is 2.69 bits per heavy atom. The highest BCUT2D eigenvalue weighted by Crippen LogP contribution is 2.47. The molecule has 0 amide bonds. The van der Waals surface area contributed by atoms with Crippen molar-refractivity contribution in [1.29, 1.82) is 0 Å². The summed E-state index contributed by atoms with van der Waals surface area (Å²) in [6.45, 7) is 4.22. The molecule has 156 valence electrons. The highest BCUT2D eigenvalue weighted by molar-refractivity contribution is 9.10. The number of hydrogen-bond acceptors (Lipinski definition) is 7. The molecule has 1 aromatic carbocycles. The summed E-state index contributed by atoms with van der Waals surface area (Å²) < 4.78 is 22.7. The van der Waals surface area contributed by atoms with Gasteiger partial charge < -0.3 is 24.7 Å². The Labute approximate surface area is 177 Å². The molecule has 2 aliphatic rings. The summed E-state index contributed by atoms with van der Waals surface area (Å²) in [6, 6.07) is 3.56. The van der Waals surface area contributed by atoms with Gasteiger partial charge in [-0.05, 0) is 53.9 Å². The first-order valence-electron chi connectivity index (χ1n) is 9.53. The average Bonchev–Trinajstić information content (AvgIpc) is 2.68. The van der Waals surface area contributed by atoms with Crippen molar-refractivity contribution in [2.75, 3.05) is 20.3 Å². The van der Waals surface area contributed by atoms with Gasteiger partial charge in [-0.15, -0.1) is 0 Å². The van der Waals surface area contributed by atoms with Gasteiger partial charge in [-0.25, -0.2) is 4.79 Å². The molecule has 29 heavy (non-hydrogen) atoms. The number of rotatable bonds is 6. The van der Waals surface area contributed by atoms with E-state index in [1.54, 1.807) is 13.0 Å². The first-order chi connectivity index (χ1) is 13.9. The number of carbonyl (C=O) groups excluding carboxylic acids is 2. The van der Waals surface area contributed by atoms with E-state index in [0.717, 1.165) is 0 Å². The second-order valence-electron chi connectivity index (χ2n) is 6.61. The lowest BCUT2D eigenvalue weighted by atomic mass is 9.77. The molecule has 0 saturated carbocycles. The molecule has 0 spiro atoms. The van der Waals surface area contributed by atoms with E-state index in [1.165, 1.54) is 7.11 Å². The molecule has 2 N–H and O–H groups in total. The number of halogens is 1. The third-order valence-electron chi connectivity index (χ3n) is 4.85. The van der Waals surface area contributed by atoms with Crippen LogP contribution in [0.4, 0.5) is 0 Å². The van der Waals surface area contributed by atoms with Gasteiger partial charge in [0, 0.05) is 18.4 Å². The zero-order valence-corrected chi connectivity index (χ0v) is 18.3. The summed E-state index contributed by atoms with van der Waals surface area (Å²) in [4.78, 5) is 25.6. The van der Waals surface area contributed by atoms with Crippen LogP contribution in [0.2, 0.25) is 0 Å². The van der Waals surface area contributed by atoms with Crippen molar-refractivity contribution in [1.82, 2.24) is 0 Å². The molecule has 1 atom stereocenters. The molecule has 0 radical (unpaired) electrons. The maximum absolute atomic E-state index is 12.8. The molecule has 1 aromatic rings. The van der Waals surface area contributed by atoms with E-state index in [2.05, 4.69) is 15.9 Å². The normalized spacial score (nSPS) is 18.9. The zero-order valence-electron chi connectivity index (χ0n) is 16.7. The van der Waals surface area contributed by atoms with Gasteiger partial charge in [0.25, 0.3) is 0 Å². The molecule has 1 heterocycles. The van der Waals surface area contributed by atoms with E-state index in [4.69, 9.17) is 24.7 Å². The van der Waals surface area contributed by atoms with Gasteiger partial charge in [0.1, 0.15) is 11.3 Å². The Bertz CT molecular complexity index is 905. The van der Waals surface area contributed by atoms with E-state index >= 15 is 0 Å². The lowest BCUT2D eigenvalue weighted by Crippen LogP contribution is -2.31. The van der Waals surface area contributed by atoms with Crippen LogP contribution in [0.1, 0.15) is 44.6 Å². The highest BCUT2D eigenvalue weighted by atomic mass is 79.9. The lowest BCUT2D eigenvalue weighted by molar-refractivity contribution is -0.139. The number of allylic oxidation sites excluding steroid dienone is 2. The molecular weight excluding hydrogens is 442 g/mol. The van der Waals surface area contributed by atoms with E-state index in [-0.39, 0.29) is 23.8 Å². The van der Waals surface area contributed by atoms with Crippen LogP contribution in [0.15, 0.2) is 39.4 Å². The number of methoxy groups -OCH3 is 1. The summed E-state index contributed by atoms with van der Waals surface area (Å²) in [5.41, 5.74) is 7.36. The minimum Gasteiger partial charge on any atom is -0.493 e. The average molecular weight is 466 g/mol. The number of ether oxygens (including phenoxy) is 4. The molecule has 1 aliphatic carbocycles. The second kappa shape index (κ2) is 8.90. The SMILES string of the molecule is CCOC(=O)C1=C(N)OC2=C(C(=O)CCC2)[C@H]1c1cc(Br)c(OCC)c(OC)c1. The third-order valence-corrected chi connectivity index (χ3v) is 5.44. The first-order valence-corrected chi connectivity index (χ1v) is 10.3.